The highest BCUT2D eigenvalue weighted by atomic mass is 32.2. The molecule has 0 N–H and O–H groups in total. The van der Waals surface area contributed by atoms with Crippen molar-refractivity contribution in [1.82, 2.24) is 15.2 Å². The van der Waals surface area contributed by atoms with Gasteiger partial charge in [0.05, 0.1) is 4.92 Å². The molecule has 2 aromatic heterocycles. The molecular weight excluding hydrogens is 320 g/mol. The van der Waals surface area contributed by atoms with Crippen LogP contribution < -0.4 is 0 Å². The summed E-state index contributed by atoms with van der Waals surface area (Å²) < 4.78 is 5.48. The van der Waals surface area contributed by atoms with Crippen molar-refractivity contribution >= 4 is 23.7 Å². The number of nitro groups is 1. The van der Waals surface area contributed by atoms with E-state index in [1.165, 1.54) is 18.2 Å². The third-order valence-electron chi connectivity index (χ3n) is 2.82. The van der Waals surface area contributed by atoms with Crippen molar-refractivity contribution in [1.29, 1.82) is 0 Å². The number of nitrogens with zero attached hydrogens (tertiary/aromatic N) is 4. The number of carbonyl (C=O) groups excluding carboxylic acids is 1. The first kappa shape index (κ1) is 14.9. The fourth-order valence-electron chi connectivity index (χ4n) is 1.77. The van der Waals surface area contributed by atoms with E-state index in [1.807, 2.05) is 0 Å². The summed E-state index contributed by atoms with van der Waals surface area (Å²) in [7, 11) is 0. The smallest absolute Gasteiger partial charge is 0.281 e. The molecule has 8 nitrogen and oxygen atoms in total. The molecule has 9 heteroatoms. The average molecular weight is 328 g/mol. The van der Waals surface area contributed by atoms with Gasteiger partial charge in [-0.05, 0) is 30.0 Å². The molecule has 0 atom stereocenters. The van der Waals surface area contributed by atoms with Crippen molar-refractivity contribution in [3.63, 3.8) is 0 Å². The van der Waals surface area contributed by atoms with E-state index in [9.17, 15) is 14.9 Å². The van der Waals surface area contributed by atoms with Crippen molar-refractivity contribution in [2.24, 2.45) is 0 Å². The quantitative estimate of drug-likeness (QED) is 0.399. The van der Waals surface area contributed by atoms with Gasteiger partial charge in [0.15, 0.2) is 6.29 Å². The zero-order valence-corrected chi connectivity index (χ0v) is 12.3. The van der Waals surface area contributed by atoms with Gasteiger partial charge in [-0.15, -0.1) is 10.2 Å². The van der Waals surface area contributed by atoms with Gasteiger partial charge in [0.2, 0.25) is 0 Å². The minimum Gasteiger partial charge on any atom is -0.409 e. The number of aromatic nitrogens is 3. The third kappa shape index (κ3) is 3.24. The topological polar surface area (TPSA) is 112 Å². The van der Waals surface area contributed by atoms with Crippen molar-refractivity contribution < 1.29 is 14.1 Å². The molecule has 3 aromatic rings. The van der Waals surface area contributed by atoms with E-state index in [4.69, 9.17) is 4.42 Å². The van der Waals surface area contributed by atoms with Crippen LogP contribution in [0.3, 0.4) is 0 Å². The minimum absolute atomic E-state index is 0.156. The molecule has 3 rings (SSSR count). The molecule has 0 aliphatic heterocycles. The standard InChI is InChI=1S/C14H8N4O4S/c19-8-9-7-10(18(20)21)4-5-12(9)23-14-17-16-13(22-14)11-3-1-2-6-15-11/h1-8H. The Labute approximate surface area is 133 Å². The predicted octanol–water partition coefficient (Wildman–Crippen LogP) is 3.00. The summed E-state index contributed by atoms with van der Waals surface area (Å²) in [5.74, 6) is 0.252. The molecule has 1 aromatic carbocycles. The van der Waals surface area contributed by atoms with Crippen molar-refractivity contribution in [3.05, 3.63) is 58.3 Å². The second kappa shape index (κ2) is 6.36. The Morgan fingerprint density at radius 3 is 2.78 bits per heavy atom. The number of aldehydes is 1. The summed E-state index contributed by atoms with van der Waals surface area (Å²) in [5, 5.41) is 18.7. The Morgan fingerprint density at radius 1 is 1.22 bits per heavy atom. The van der Waals surface area contributed by atoms with Crippen LogP contribution in [0, 0.1) is 10.1 Å². The van der Waals surface area contributed by atoms with Crippen molar-refractivity contribution in [2.45, 2.75) is 10.1 Å². The van der Waals surface area contributed by atoms with Gasteiger partial charge in [-0.25, -0.2) is 0 Å². The highest BCUT2D eigenvalue weighted by Crippen LogP contribution is 2.32. The van der Waals surface area contributed by atoms with Crippen LogP contribution in [0.25, 0.3) is 11.6 Å². The molecule has 23 heavy (non-hydrogen) atoms. The number of pyridine rings is 1. The summed E-state index contributed by atoms with van der Waals surface area (Å²) >= 11 is 1.05. The number of non-ortho nitro benzene ring substituents is 1. The summed E-state index contributed by atoms with van der Waals surface area (Å²) in [6, 6.07) is 9.27. The second-order valence-electron chi connectivity index (χ2n) is 4.29. The first-order valence-corrected chi connectivity index (χ1v) is 7.15. The van der Waals surface area contributed by atoms with E-state index in [2.05, 4.69) is 15.2 Å². The van der Waals surface area contributed by atoms with Crippen LogP contribution >= 0.6 is 11.8 Å². The van der Waals surface area contributed by atoms with Crippen LogP contribution in [-0.2, 0) is 0 Å². The Bertz CT molecular complexity index is 866. The molecule has 0 aliphatic carbocycles. The van der Waals surface area contributed by atoms with Gasteiger partial charge in [0.25, 0.3) is 16.8 Å². The fourth-order valence-corrected chi connectivity index (χ4v) is 2.52. The SMILES string of the molecule is O=Cc1cc([N+](=O)[O-])ccc1Sc1nnc(-c2ccccn2)o1. The first-order chi connectivity index (χ1) is 11.2. The van der Waals surface area contributed by atoms with E-state index in [0.29, 0.717) is 16.9 Å². The van der Waals surface area contributed by atoms with Gasteiger partial charge in [-0.1, -0.05) is 6.07 Å². The Morgan fingerprint density at radius 2 is 2.09 bits per heavy atom. The van der Waals surface area contributed by atoms with Crippen LogP contribution in [0.2, 0.25) is 0 Å². The highest BCUT2D eigenvalue weighted by Gasteiger charge is 2.15. The van der Waals surface area contributed by atoms with E-state index < -0.39 is 4.92 Å². The van der Waals surface area contributed by atoms with Gasteiger partial charge in [0.1, 0.15) is 5.69 Å². The van der Waals surface area contributed by atoms with E-state index in [-0.39, 0.29) is 22.4 Å². The molecule has 2 heterocycles. The van der Waals surface area contributed by atoms with Crippen LogP contribution in [0.1, 0.15) is 10.4 Å². The number of hydrogen-bond donors (Lipinski definition) is 0. The molecule has 0 saturated carbocycles. The number of rotatable bonds is 5. The molecule has 0 fully saturated rings. The van der Waals surface area contributed by atoms with Gasteiger partial charge >= 0.3 is 0 Å². The first-order valence-electron chi connectivity index (χ1n) is 6.34. The van der Waals surface area contributed by atoms with Crippen molar-refractivity contribution in [3.8, 4) is 11.6 Å². The lowest BCUT2D eigenvalue weighted by molar-refractivity contribution is -0.384. The van der Waals surface area contributed by atoms with E-state index in [0.717, 1.165) is 11.8 Å². The second-order valence-corrected chi connectivity index (χ2v) is 5.28. The lowest BCUT2D eigenvalue weighted by Gasteiger charge is -2.00. The Hall–Kier alpha value is -3.07. The fraction of sp³-hybridized carbons (Fsp3) is 0. The minimum atomic E-state index is -0.562. The van der Waals surface area contributed by atoms with E-state index >= 15 is 0 Å². The maximum Gasteiger partial charge on any atom is 0.281 e. The zero-order valence-electron chi connectivity index (χ0n) is 11.4. The molecule has 0 bridgehead atoms. The van der Waals surface area contributed by atoms with Gasteiger partial charge in [0, 0.05) is 28.8 Å². The Kier molecular flexibility index (Phi) is 4.11. The number of carbonyl (C=O) groups is 1. The maximum atomic E-state index is 11.1. The summed E-state index contributed by atoms with van der Waals surface area (Å²) in [6.07, 6.45) is 2.15. The van der Waals surface area contributed by atoms with Gasteiger partial charge in [-0.3, -0.25) is 19.9 Å². The lowest BCUT2D eigenvalue weighted by atomic mass is 10.2. The number of hydrogen-bond acceptors (Lipinski definition) is 8. The van der Waals surface area contributed by atoms with Crippen LogP contribution in [0.4, 0.5) is 5.69 Å². The van der Waals surface area contributed by atoms with Crippen LogP contribution in [-0.4, -0.2) is 26.4 Å². The monoisotopic (exact) mass is 328 g/mol. The molecule has 0 saturated heterocycles. The van der Waals surface area contributed by atoms with E-state index in [1.54, 1.807) is 24.4 Å². The largest absolute Gasteiger partial charge is 0.409 e. The molecular formula is C14H8N4O4S. The zero-order chi connectivity index (χ0) is 16.2. The molecule has 0 aliphatic rings. The normalized spacial score (nSPS) is 10.4. The summed E-state index contributed by atoms with van der Waals surface area (Å²) in [5.41, 5.74) is 0.559. The maximum absolute atomic E-state index is 11.1. The van der Waals surface area contributed by atoms with Crippen LogP contribution in [0.5, 0.6) is 0 Å². The molecule has 0 amide bonds. The van der Waals surface area contributed by atoms with Gasteiger partial charge < -0.3 is 4.42 Å². The average Bonchev–Trinajstić information content (AvgIpc) is 3.04. The summed E-state index contributed by atoms with van der Waals surface area (Å²) in [6.45, 7) is 0. The number of nitro benzene ring substituents is 1. The number of benzene rings is 1. The Balaban J connectivity index is 1.87. The third-order valence-corrected chi connectivity index (χ3v) is 3.75. The molecule has 0 radical (unpaired) electrons. The van der Waals surface area contributed by atoms with Crippen LogP contribution in [0.15, 0.2) is 57.1 Å². The predicted molar refractivity (Wildman–Crippen MR) is 80.1 cm³/mol. The van der Waals surface area contributed by atoms with Crippen molar-refractivity contribution in [2.75, 3.05) is 0 Å². The van der Waals surface area contributed by atoms with Gasteiger partial charge in [-0.2, -0.15) is 0 Å². The molecule has 0 spiro atoms. The summed E-state index contributed by atoms with van der Waals surface area (Å²) in [4.78, 5) is 25.9. The molecule has 0 unspecified atom stereocenters. The highest BCUT2D eigenvalue weighted by molar-refractivity contribution is 7.99. The lowest BCUT2D eigenvalue weighted by Crippen LogP contribution is -1.92. The molecule has 114 valence electrons.